The van der Waals surface area contributed by atoms with E-state index in [4.69, 9.17) is 11.6 Å². The molecule has 0 aliphatic carbocycles. The fourth-order valence-corrected chi connectivity index (χ4v) is 4.40. The van der Waals surface area contributed by atoms with Gasteiger partial charge in [0, 0.05) is 50.7 Å². The summed E-state index contributed by atoms with van der Waals surface area (Å²) in [5, 5.41) is 0. The molecular weight excluding hydrogens is 310 g/mol. The third kappa shape index (κ3) is 3.44. The highest BCUT2D eigenvalue weighted by Gasteiger charge is 2.30. The zero-order valence-corrected chi connectivity index (χ0v) is 14.5. The molecule has 7 heteroatoms. The van der Waals surface area contributed by atoms with Crippen LogP contribution >= 0.6 is 11.6 Å². The van der Waals surface area contributed by atoms with Crippen LogP contribution in [-0.2, 0) is 22.4 Å². The largest absolute Gasteiger partial charge is 0.349 e. The van der Waals surface area contributed by atoms with Crippen molar-refractivity contribution >= 4 is 21.6 Å². The highest BCUT2D eigenvalue weighted by atomic mass is 35.5. The van der Waals surface area contributed by atoms with E-state index < -0.39 is 10.0 Å². The number of nitrogens with zero attached hydrogens (tertiary/aromatic N) is 3. The lowest BCUT2D eigenvalue weighted by molar-refractivity contribution is 0.154. The average molecular weight is 334 g/mol. The third-order valence-corrected chi connectivity index (χ3v) is 6.22. The third-order valence-electron chi connectivity index (χ3n) is 4.08. The number of hydrogen-bond acceptors (Lipinski definition) is 3. The van der Waals surface area contributed by atoms with Gasteiger partial charge in [0.25, 0.3) is 0 Å². The first-order valence-corrected chi connectivity index (χ1v) is 9.36. The van der Waals surface area contributed by atoms with Crippen molar-refractivity contribution in [3.05, 3.63) is 18.0 Å². The van der Waals surface area contributed by atoms with E-state index in [0.717, 1.165) is 25.3 Å². The molecule has 5 nitrogen and oxygen atoms in total. The lowest BCUT2D eigenvalue weighted by Crippen LogP contribution is -2.50. The standard InChI is InChI=1S/C14H24ClN3O2S/c1-4-16-11-14(9-13(16)10-15)21(19,20)18-7-5-17(6-8-18)12(2)3/h9,11-12H,4-8,10H2,1-3H3. The van der Waals surface area contributed by atoms with E-state index in [2.05, 4.69) is 18.7 Å². The Morgan fingerprint density at radius 3 is 2.29 bits per heavy atom. The van der Waals surface area contributed by atoms with E-state index in [0.29, 0.717) is 29.9 Å². The molecule has 0 aromatic carbocycles. The quantitative estimate of drug-likeness (QED) is 0.774. The van der Waals surface area contributed by atoms with Crippen molar-refractivity contribution in [3.63, 3.8) is 0 Å². The summed E-state index contributed by atoms with van der Waals surface area (Å²) in [5.74, 6) is 0.324. The van der Waals surface area contributed by atoms with Gasteiger partial charge in [0.2, 0.25) is 10.0 Å². The molecule has 1 saturated heterocycles. The van der Waals surface area contributed by atoms with Crippen LogP contribution in [-0.4, -0.2) is 54.4 Å². The highest BCUT2D eigenvalue weighted by molar-refractivity contribution is 7.89. The van der Waals surface area contributed by atoms with Crippen LogP contribution in [0, 0.1) is 0 Å². The maximum Gasteiger partial charge on any atom is 0.244 e. The van der Waals surface area contributed by atoms with Crippen molar-refractivity contribution in [1.82, 2.24) is 13.8 Å². The number of hydrogen-bond donors (Lipinski definition) is 0. The number of aryl methyl sites for hydroxylation is 1. The first-order chi connectivity index (χ1) is 9.90. The van der Waals surface area contributed by atoms with Gasteiger partial charge in [-0.15, -0.1) is 11.6 Å². The molecule has 0 bridgehead atoms. The summed E-state index contributed by atoms with van der Waals surface area (Å²) in [7, 11) is -3.41. The Balaban J connectivity index is 2.17. The second kappa shape index (κ2) is 6.69. The molecule has 0 saturated carbocycles. The van der Waals surface area contributed by atoms with Crippen LogP contribution in [0.5, 0.6) is 0 Å². The second-order valence-corrected chi connectivity index (χ2v) is 7.83. The smallest absolute Gasteiger partial charge is 0.244 e. The minimum atomic E-state index is -3.41. The first kappa shape index (κ1) is 16.8. The van der Waals surface area contributed by atoms with Crippen molar-refractivity contribution in [1.29, 1.82) is 0 Å². The zero-order chi connectivity index (χ0) is 15.6. The SMILES string of the molecule is CCn1cc(S(=O)(=O)N2CCN(C(C)C)CC2)cc1CCl. The van der Waals surface area contributed by atoms with Gasteiger partial charge in [0.15, 0.2) is 0 Å². The van der Waals surface area contributed by atoms with Gasteiger partial charge in [0.1, 0.15) is 4.90 Å². The summed E-state index contributed by atoms with van der Waals surface area (Å²) in [6.45, 7) is 9.65. The summed E-state index contributed by atoms with van der Waals surface area (Å²) in [5.41, 5.74) is 0.846. The molecule has 0 radical (unpaired) electrons. The Hall–Kier alpha value is -0.560. The predicted molar refractivity (Wildman–Crippen MR) is 85.1 cm³/mol. The van der Waals surface area contributed by atoms with Crippen LogP contribution in [0.25, 0.3) is 0 Å². The van der Waals surface area contributed by atoms with Gasteiger partial charge in [-0.3, -0.25) is 4.90 Å². The number of halogens is 1. The minimum absolute atomic E-state index is 0.324. The van der Waals surface area contributed by atoms with E-state index in [9.17, 15) is 8.42 Å². The van der Waals surface area contributed by atoms with E-state index in [1.54, 1.807) is 16.6 Å². The number of sulfonamides is 1. The number of rotatable bonds is 5. The summed E-state index contributed by atoms with van der Waals surface area (Å²) in [6.07, 6.45) is 1.70. The first-order valence-electron chi connectivity index (χ1n) is 7.39. The Labute approximate surface area is 132 Å². The van der Waals surface area contributed by atoms with Crippen molar-refractivity contribution in [3.8, 4) is 0 Å². The van der Waals surface area contributed by atoms with Crippen molar-refractivity contribution in [2.75, 3.05) is 26.2 Å². The highest BCUT2D eigenvalue weighted by Crippen LogP contribution is 2.22. The molecule has 21 heavy (non-hydrogen) atoms. The van der Waals surface area contributed by atoms with E-state index >= 15 is 0 Å². The second-order valence-electron chi connectivity index (χ2n) is 5.62. The predicted octanol–water partition coefficient (Wildman–Crippen LogP) is 1.96. The molecule has 1 aromatic rings. The normalized spacial score (nSPS) is 18.5. The van der Waals surface area contributed by atoms with E-state index in [-0.39, 0.29) is 0 Å². The molecule has 1 aliphatic heterocycles. The molecule has 2 heterocycles. The Morgan fingerprint density at radius 2 is 1.86 bits per heavy atom. The van der Waals surface area contributed by atoms with Gasteiger partial charge in [-0.1, -0.05) is 0 Å². The van der Waals surface area contributed by atoms with E-state index in [1.165, 1.54) is 0 Å². The molecule has 1 aliphatic rings. The molecule has 0 amide bonds. The van der Waals surface area contributed by atoms with Gasteiger partial charge in [-0.05, 0) is 26.8 Å². The fourth-order valence-electron chi connectivity index (χ4n) is 2.68. The van der Waals surface area contributed by atoms with Crippen molar-refractivity contribution in [2.24, 2.45) is 0 Å². The van der Waals surface area contributed by atoms with Crippen molar-refractivity contribution < 1.29 is 8.42 Å². The van der Waals surface area contributed by atoms with Crippen LogP contribution in [0.2, 0.25) is 0 Å². The maximum atomic E-state index is 12.7. The molecule has 1 fully saturated rings. The summed E-state index contributed by atoms with van der Waals surface area (Å²) >= 11 is 5.88. The van der Waals surface area contributed by atoms with Crippen LogP contribution in [0.15, 0.2) is 17.2 Å². The fraction of sp³-hybridized carbons (Fsp3) is 0.714. The molecule has 120 valence electrons. The molecular formula is C14H24ClN3O2S. The molecule has 0 N–H and O–H groups in total. The zero-order valence-electron chi connectivity index (χ0n) is 12.9. The monoisotopic (exact) mass is 333 g/mol. The number of aromatic nitrogens is 1. The maximum absolute atomic E-state index is 12.7. The summed E-state index contributed by atoms with van der Waals surface area (Å²) in [4.78, 5) is 2.66. The van der Waals surface area contributed by atoms with Gasteiger partial charge in [-0.2, -0.15) is 4.31 Å². The van der Waals surface area contributed by atoms with Crippen LogP contribution in [0.3, 0.4) is 0 Å². The molecule has 0 unspecified atom stereocenters. The Kier molecular flexibility index (Phi) is 5.35. The van der Waals surface area contributed by atoms with Gasteiger partial charge < -0.3 is 4.57 Å². The van der Waals surface area contributed by atoms with Crippen molar-refractivity contribution in [2.45, 2.75) is 44.1 Å². The topological polar surface area (TPSA) is 45.6 Å². The van der Waals surface area contributed by atoms with Crippen LogP contribution < -0.4 is 0 Å². The van der Waals surface area contributed by atoms with Crippen LogP contribution in [0.4, 0.5) is 0 Å². The lowest BCUT2D eigenvalue weighted by atomic mass is 10.3. The molecule has 1 aromatic heterocycles. The summed E-state index contributed by atoms with van der Waals surface area (Å²) in [6, 6.07) is 2.15. The average Bonchev–Trinajstić information content (AvgIpc) is 2.91. The lowest BCUT2D eigenvalue weighted by Gasteiger charge is -2.36. The van der Waals surface area contributed by atoms with Gasteiger partial charge >= 0.3 is 0 Å². The summed E-state index contributed by atoms with van der Waals surface area (Å²) < 4.78 is 28.9. The van der Waals surface area contributed by atoms with Crippen LogP contribution in [0.1, 0.15) is 26.5 Å². The van der Waals surface area contributed by atoms with Gasteiger partial charge in [0.05, 0.1) is 5.88 Å². The Bertz CT molecular complexity index is 554. The molecule has 0 spiro atoms. The minimum Gasteiger partial charge on any atom is -0.349 e. The Morgan fingerprint density at radius 1 is 1.24 bits per heavy atom. The van der Waals surface area contributed by atoms with Gasteiger partial charge in [-0.25, -0.2) is 8.42 Å². The molecule has 0 atom stereocenters. The number of alkyl halides is 1. The number of piperazine rings is 1. The van der Waals surface area contributed by atoms with E-state index in [1.807, 2.05) is 11.5 Å². The molecule has 2 rings (SSSR count).